The molecule has 1 amide bonds. The molecule has 0 aliphatic carbocycles. The van der Waals surface area contributed by atoms with Crippen molar-refractivity contribution in [1.29, 1.82) is 0 Å². The van der Waals surface area contributed by atoms with Crippen LogP contribution in [0.15, 0.2) is 0 Å². The number of thiophene rings is 1. The Morgan fingerprint density at radius 2 is 2.05 bits per heavy atom. The predicted octanol–water partition coefficient (Wildman–Crippen LogP) is 3.10. The highest BCUT2D eigenvalue weighted by Gasteiger charge is 2.24. The molecule has 0 aliphatic rings. The zero-order chi connectivity index (χ0) is 16.0. The van der Waals surface area contributed by atoms with Crippen LogP contribution >= 0.6 is 11.3 Å². The molecule has 1 aromatic rings. The molecule has 5 nitrogen and oxygen atoms in total. The van der Waals surface area contributed by atoms with Gasteiger partial charge in [0.15, 0.2) is 5.75 Å². The molecule has 0 spiro atoms. The van der Waals surface area contributed by atoms with E-state index >= 15 is 0 Å². The molecule has 0 atom stereocenters. The lowest BCUT2D eigenvalue weighted by atomic mass is 10.3. The molecule has 0 unspecified atom stereocenters. The fourth-order valence-corrected chi connectivity index (χ4v) is 3.00. The zero-order valence-electron chi connectivity index (χ0n) is 13.7. The summed E-state index contributed by atoms with van der Waals surface area (Å²) in [4.78, 5) is 14.8. The van der Waals surface area contributed by atoms with Crippen molar-refractivity contribution in [2.45, 2.75) is 46.6 Å². The Hall–Kier alpha value is -1.43. The van der Waals surface area contributed by atoms with Crippen LogP contribution in [0.4, 0.5) is 10.7 Å². The first kappa shape index (κ1) is 17.6. The molecule has 0 radical (unpaired) electrons. The summed E-state index contributed by atoms with van der Waals surface area (Å²) in [6, 6.07) is 0. The van der Waals surface area contributed by atoms with E-state index in [1.807, 2.05) is 27.8 Å². The third-order valence-corrected chi connectivity index (χ3v) is 4.18. The monoisotopic (exact) mass is 313 g/mol. The molecule has 1 heterocycles. The van der Waals surface area contributed by atoms with Gasteiger partial charge in [0.1, 0.15) is 15.6 Å². The van der Waals surface area contributed by atoms with E-state index in [4.69, 9.17) is 10.5 Å². The number of anilines is 2. The molecule has 21 heavy (non-hydrogen) atoms. The molecule has 0 fully saturated rings. The van der Waals surface area contributed by atoms with Gasteiger partial charge in [-0.25, -0.2) is 0 Å². The highest BCUT2D eigenvalue weighted by atomic mass is 32.1. The van der Waals surface area contributed by atoms with E-state index in [0.717, 1.165) is 24.4 Å². The number of carbonyl (C=O) groups is 1. The van der Waals surface area contributed by atoms with Crippen LogP contribution in [0.5, 0.6) is 5.75 Å². The maximum Gasteiger partial charge on any atom is 0.263 e. The van der Waals surface area contributed by atoms with E-state index in [9.17, 15) is 4.79 Å². The highest BCUT2D eigenvalue weighted by molar-refractivity contribution is 7.19. The van der Waals surface area contributed by atoms with Gasteiger partial charge in [-0.2, -0.15) is 0 Å². The number of carbonyl (C=O) groups excluding carboxylic acids is 1. The van der Waals surface area contributed by atoms with Gasteiger partial charge < -0.3 is 20.7 Å². The highest BCUT2D eigenvalue weighted by Crippen LogP contribution is 2.45. The SMILES string of the molecule is CCCNC(=O)c1sc(N(C)CCC)c(OC(C)C)c1N. The van der Waals surface area contributed by atoms with Crippen molar-refractivity contribution in [3.8, 4) is 5.75 Å². The Labute approximate surface area is 131 Å². The van der Waals surface area contributed by atoms with Crippen molar-refractivity contribution in [2.24, 2.45) is 0 Å². The Balaban J connectivity index is 3.13. The summed E-state index contributed by atoms with van der Waals surface area (Å²) in [6.45, 7) is 9.59. The Morgan fingerprint density at radius 1 is 1.38 bits per heavy atom. The lowest BCUT2D eigenvalue weighted by Crippen LogP contribution is -2.23. The van der Waals surface area contributed by atoms with Crippen LogP contribution in [0.1, 0.15) is 50.2 Å². The maximum atomic E-state index is 12.2. The molecule has 0 bridgehead atoms. The van der Waals surface area contributed by atoms with Gasteiger partial charge in [0.05, 0.1) is 6.10 Å². The summed E-state index contributed by atoms with van der Waals surface area (Å²) >= 11 is 1.40. The Morgan fingerprint density at radius 3 is 2.57 bits per heavy atom. The number of nitrogens with two attached hydrogens (primary N) is 1. The van der Waals surface area contributed by atoms with Crippen LogP contribution in [-0.2, 0) is 0 Å². The summed E-state index contributed by atoms with van der Waals surface area (Å²) < 4.78 is 5.84. The average Bonchev–Trinajstić information content (AvgIpc) is 2.73. The van der Waals surface area contributed by atoms with E-state index in [0.29, 0.717) is 22.9 Å². The topological polar surface area (TPSA) is 67.6 Å². The number of nitrogens with zero attached hydrogens (tertiary/aromatic N) is 1. The average molecular weight is 313 g/mol. The maximum absolute atomic E-state index is 12.2. The van der Waals surface area contributed by atoms with Crippen molar-refractivity contribution < 1.29 is 9.53 Å². The molecule has 0 saturated heterocycles. The zero-order valence-corrected chi connectivity index (χ0v) is 14.5. The molecule has 0 aliphatic heterocycles. The molecule has 0 saturated carbocycles. The second kappa shape index (κ2) is 8.12. The van der Waals surface area contributed by atoms with Gasteiger partial charge in [-0.1, -0.05) is 13.8 Å². The quantitative estimate of drug-likeness (QED) is 0.774. The molecule has 3 N–H and O–H groups in total. The second-order valence-electron chi connectivity index (χ2n) is 5.32. The lowest BCUT2D eigenvalue weighted by Gasteiger charge is -2.19. The van der Waals surface area contributed by atoms with E-state index in [-0.39, 0.29) is 12.0 Å². The first-order valence-electron chi connectivity index (χ1n) is 7.50. The summed E-state index contributed by atoms with van der Waals surface area (Å²) in [5.74, 6) is 0.511. The molecule has 1 aromatic heterocycles. The predicted molar refractivity (Wildman–Crippen MR) is 90.7 cm³/mol. The van der Waals surface area contributed by atoms with Crippen LogP contribution in [0.3, 0.4) is 0 Å². The standard InChI is InChI=1S/C15H27N3O2S/c1-6-8-17-14(19)13-11(16)12(20-10(3)4)15(21-13)18(5)9-7-2/h10H,6-9,16H2,1-5H3,(H,17,19). The van der Waals surface area contributed by atoms with Gasteiger partial charge >= 0.3 is 0 Å². The van der Waals surface area contributed by atoms with Crippen molar-refractivity contribution >= 4 is 27.9 Å². The van der Waals surface area contributed by atoms with Crippen LogP contribution < -0.4 is 20.7 Å². The minimum Gasteiger partial charge on any atom is -0.486 e. The van der Waals surface area contributed by atoms with Crippen molar-refractivity contribution in [3.63, 3.8) is 0 Å². The number of hydrogen-bond donors (Lipinski definition) is 2. The van der Waals surface area contributed by atoms with Gasteiger partial charge in [-0.05, 0) is 26.7 Å². The third-order valence-electron chi connectivity index (χ3n) is 2.88. The van der Waals surface area contributed by atoms with Crippen LogP contribution in [0.2, 0.25) is 0 Å². The first-order chi connectivity index (χ1) is 9.92. The van der Waals surface area contributed by atoms with E-state index in [1.165, 1.54) is 11.3 Å². The Kier molecular flexibility index (Phi) is 6.81. The Bertz CT molecular complexity index is 472. The lowest BCUT2D eigenvalue weighted by molar-refractivity contribution is 0.0958. The molecule has 1 rings (SSSR count). The molecular weight excluding hydrogens is 286 g/mol. The summed E-state index contributed by atoms with van der Waals surface area (Å²) in [7, 11) is 2.00. The van der Waals surface area contributed by atoms with Crippen LogP contribution in [0.25, 0.3) is 0 Å². The number of amides is 1. The third kappa shape index (κ3) is 4.52. The van der Waals surface area contributed by atoms with Gasteiger partial charge in [0.25, 0.3) is 5.91 Å². The number of hydrogen-bond acceptors (Lipinski definition) is 5. The molecular formula is C15H27N3O2S. The van der Waals surface area contributed by atoms with E-state index in [1.54, 1.807) is 0 Å². The minimum absolute atomic E-state index is 0.0160. The normalized spacial score (nSPS) is 10.8. The molecule has 6 heteroatoms. The number of nitrogens with one attached hydrogen (secondary N) is 1. The number of rotatable bonds is 8. The van der Waals surface area contributed by atoms with Crippen molar-refractivity contribution in [3.05, 3.63) is 4.88 Å². The summed E-state index contributed by atoms with van der Waals surface area (Å²) in [6.07, 6.45) is 1.93. The van der Waals surface area contributed by atoms with Crippen molar-refractivity contribution in [1.82, 2.24) is 5.32 Å². The van der Waals surface area contributed by atoms with Gasteiger partial charge in [0, 0.05) is 20.1 Å². The number of ether oxygens (including phenoxy) is 1. The van der Waals surface area contributed by atoms with Gasteiger partial charge in [0.2, 0.25) is 0 Å². The second-order valence-corrected chi connectivity index (χ2v) is 6.32. The molecule has 120 valence electrons. The summed E-state index contributed by atoms with van der Waals surface area (Å²) in [5.41, 5.74) is 6.60. The van der Waals surface area contributed by atoms with Crippen LogP contribution in [0, 0.1) is 0 Å². The molecule has 0 aromatic carbocycles. The fraction of sp³-hybridized carbons (Fsp3) is 0.667. The van der Waals surface area contributed by atoms with E-state index < -0.39 is 0 Å². The van der Waals surface area contributed by atoms with Crippen LogP contribution in [-0.4, -0.2) is 32.1 Å². The largest absolute Gasteiger partial charge is 0.486 e. The smallest absolute Gasteiger partial charge is 0.263 e. The van der Waals surface area contributed by atoms with E-state index in [2.05, 4.69) is 17.1 Å². The number of nitrogen functional groups attached to an aromatic ring is 1. The summed E-state index contributed by atoms with van der Waals surface area (Å²) in [5, 5.41) is 3.79. The fourth-order valence-electron chi connectivity index (χ4n) is 1.94. The first-order valence-corrected chi connectivity index (χ1v) is 8.32. The van der Waals surface area contributed by atoms with Crippen molar-refractivity contribution in [2.75, 3.05) is 30.8 Å². The minimum atomic E-state index is -0.121. The van der Waals surface area contributed by atoms with Gasteiger partial charge in [-0.3, -0.25) is 4.79 Å². The van der Waals surface area contributed by atoms with Gasteiger partial charge in [-0.15, -0.1) is 11.3 Å².